The molecule has 4 rings (SSSR count). The fraction of sp³-hybridized carbons (Fsp3) is 0.211. The molecule has 1 aliphatic rings. The van der Waals surface area contributed by atoms with Crippen molar-refractivity contribution in [3.8, 4) is 17.0 Å². The zero-order valence-electron chi connectivity index (χ0n) is 15.5. The number of aryl methyl sites for hydroxylation is 1. The number of carbonyl (C=O) groups is 1. The number of benzene rings is 1. The number of ether oxygens (including phenoxy) is 1. The van der Waals surface area contributed by atoms with Crippen LogP contribution in [-0.2, 0) is 10.0 Å². The van der Waals surface area contributed by atoms with Gasteiger partial charge in [-0.2, -0.15) is 4.31 Å². The molecule has 2 aromatic heterocycles. The highest BCUT2D eigenvalue weighted by Crippen LogP contribution is 2.27. The number of nitrogens with two attached hydrogens (primary N) is 1. The Morgan fingerprint density at radius 2 is 1.97 bits per heavy atom. The van der Waals surface area contributed by atoms with Crippen LogP contribution in [0.25, 0.3) is 11.3 Å². The van der Waals surface area contributed by atoms with Gasteiger partial charge in [0.1, 0.15) is 29.5 Å². The van der Waals surface area contributed by atoms with E-state index in [2.05, 4.69) is 9.97 Å². The second kappa shape index (κ2) is 7.30. The fourth-order valence-electron chi connectivity index (χ4n) is 2.93. The molecular formula is C19H18N4O5S. The van der Waals surface area contributed by atoms with Crippen molar-refractivity contribution in [1.29, 1.82) is 0 Å². The summed E-state index contributed by atoms with van der Waals surface area (Å²) in [5, 5.41) is 0. The molecule has 0 atom stereocenters. The molecule has 0 spiro atoms. The minimum absolute atomic E-state index is 0.0914. The first-order valence-electron chi connectivity index (χ1n) is 8.78. The summed E-state index contributed by atoms with van der Waals surface area (Å²) in [6, 6.07) is 9.51. The molecule has 1 amide bonds. The monoisotopic (exact) mass is 414 g/mol. The molecule has 1 fully saturated rings. The molecule has 1 aromatic carbocycles. The van der Waals surface area contributed by atoms with Gasteiger partial charge in [0.25, 0.3) is 5.91 Å². The largest absolute Gasteiger partial charge is 0.488 e. The van der Waals surface area contributed by atoms with E-state index in [9.17, 15) is 13.2 Å². The van der Waals surface area contributed by atoms with E-state index < -0.39 is 15.9 Å². The van der Waals surface area contributed by atoms with Gasteiger partial charge in [-0.15, -0.1) is 0 Å². The molecule has 150 valence electrons. The number of amides is 1. The van der Waals surface area contributed by atoms with Crippen LogP contribution in [-0.4, -0.2) is 47.8 Å². The topological polar surface area (TPSA) is 129 Å². The summed E-state index contributed by atoms with van der Waals surface area (Å²) in [6.07, 6.45) is 2.63. The van der Waals surface area contributed by atoms with Gasteiger partial charge in [0, 0.05) is 24.8 Å². The number of hydrogen-bond acceptors (Lipinski definition) is 7. The minimum atomic E-state index is -3.62. The Labute approximate surface area is 167 Å². The Balaban J connectivity index is 1.41. The van der Waals surface area contributed by atoms with Gasteiger partial charge in [-0.25, -0.2) is 13.4 Å². The Bertz CT molecular complexity index is 1150. The van der Waals surface area contributed by atoms with E-state index in [1.54, 1.807) is 37.3 Å². The maximum atomic E-state index is 12.8. The quantitative estimate of drug-likeness (QED) is 0.648. The third-order valence-corrected chi connectivity index (χ3v) is 6.35. The van der Waals surface area contributed by atoms with Gasteiger partial charge in [0.15, 0.2) is 5.89 Å². The molecule has 0 radical (unpaired) electrons. The Morgan fingerprint density at radius 1 is 1.24 bits per heavy atom. The van der Waals surface area contributed by atoms with E-state index in [0.29, 0.717) is 17.3 Å². The molecule has 2 N–H and O–H groups in total. The summed E-state index contributed by atoms with van der Waals surface area (Å²) in [4.78, 5) is 19.4. The maximum absolute atomic E-state index is 12.8. The van der Waals surface area contributed by atoms with Crippen LogP contribution in [0.15, 0.2) is 58.2 Å². The first-order valence-corrected chi connectivity index (χ1v) is 10.2. The van der Waals surface area contributed by atoms with E-state index in [1.165, 1.54) is 22.8 Å². The molecular weight excluding hydrogens is 396 g/mol. The summed E-state index contributed by atoms with van der Waals surface area (Å²) in [5.41, 5.74) is 6.71. The lowest BCUT2D eigenvalue weighted by atomic mass is 10.2. The highest BCUT2D eigenvalue weighted by Gasteiger charge is 2.38. The predicted molar refractivity (Wildman–Crippen MR) is 103 cm³/mol. The van der Waals surface area contributed by atoms with Crippen LogP contribution in [0, 0.1) is 6.92 Å². The summed E-state index contributed by atoms with van der Waals surface area (Å²) in [7, 11) is -3.62. The zero-order chi connectivity index (χ0) is 20.6. The van der Waals surface area contributed by atoms with E-state index >= 15 is 0 Å². The molecule has 10 heteroatoms. The number of sulfonamides is 1. The summed E-state index contributed by atoms with van der Waals surface area (Å²) in [5.74, 6) is 0.307. The Kier molecular flexibility index (Phi) is 4.81. The number of carbonyl (C=O) groups excluding carboxylic acids is 1. The van der Waals surface area contributed by atoms with Crippen LogP contribution in [0.4, 0.5) is 0 Å². The SMILES string of the molecule is Cc1nc(-c2ccc(S(=O)(=O)N3CC(Oc4ccnc(C(N)=O)c4)C3)cc2)co1. The van der Waals surface area contributed by atoms with Gasteiger partial charge < -0.3 is 14.9 Å². The molecule has 0 aliphatic carbocycles. The van der Waals surface area contributed by atoms with Crippen LogP contribution in [0.2, 0.25) is 0 Å². The van der Waals surface area contributed by atoms with Crippen LogP contribution in [0.1, 0.15) is 16.4 Å². The van der Waals surface area contributed by atoms with Crippen molar-refractivity contribution in [2.24, 2.45) is 5.73 Å². The van der Waals surface area contributed by atoms with Crippen molar-refractivity contribution in [1.82, 2.24) is 14.3 Å². The van der Waals surface area contributed by atoms with Crippen LogP contribution >= 0.6 is 0 Å². The number of pyridine rings is 1. The Morgan fingerprint density at radius 3 is 2.59 bits per heavy atom. The van der Waals surface area contributed by atoms with Gasteiger partial charge >= 0.3 is 0 Å². The third-order valence-electron chi connectivity index (χ3n) is 4.51. The van der Waals surface area contributed by atoms with Crippen LogP contribution in [0.3, 0.4) is 0 Å². The molecule has 0 unspecified atom stereocenters. The second-order valence-electron chi connectivity index (χ2n) is 6.58. The molecule has 9 nitrogen and oxygen atoms in total. The first kappa shape index (κ1) is 19.1. The van der Waals surface area contributed by atoms with Crippen LogP contribution < -0.4 is 10.5 Å². The number of rotatable bonds is 6. The standard InChI is InChI=1S/C19H18N4O5S/c1-12-22-18(11-27-12)13-2-4-16(5-3-13)29(25,26)23-9-15(10-23)28-14-6-7-21-17(8-14)19(20)24/h2-8,11,15H,9-10H2,1H3,(H2,20,24). The van der Waals surface area contributed by atoms with Crippen molar-refractivity contribution in [2.45, 2.75) is 17.9 Å². The number of hydrogen-bond donors (Lipinski definition) is 1. The predicted octanol–water partition coefficient (Wildman–Crippen LogP) is 1.60. The summed E-state index contributed by atoms with van der Waals surface area (Å²) in [6.45, 7) is 2.16. The van der Waals surface area contributed by atoms with E-state index in [1.807, 2.05) is 0 Å². The molecule has 0 saturated carbocycles. The molecule has 1 aliphatic heterocycles. The average Bonchev–Trinajstić information content (AvgIpc) is 3.11. The number of nitrogens with zero attached hydrogens (tertiary/aromatic N) is 3. The zero-order valence-corrected chi connectivity index (χ0v) is 16.3. The van der Waals surface area contributed by atoms with Crippen LogP contribution in [0.5, 0.6) is 5.75 Å². The van der Waals surface area contributed by atoms with Gasteiger partial charge in [-0.1, -0.05) is 12.1 Å². The lowest BCUT2D eigenvalue weighted by Crippen LogP contribution is -2.55. The molecule has 3 heterocycles. The normalized spacial score (nSPS) is 15.1. The highest BCUT2D eigenvalue weighted by molar-refractivity contribution is 7.89. The number of oxazole rings is 1. The summed E-state index contributed by atoms with van der Waals surface area (Å²) < 4.78 is 37.8. The van der Waals surface area contributed by atoms with Gasteiger partial charge in [-0.05, 0) is 18.2 Å². The molecule has 0 bridgehead atoms. The molecule has 1 saturated heterocycles. The van der Waals surface area contributed by atoms with E-state index in [4.69, 9.17) is 14.9 Å². The van der Waals surface area contributed by atoms with Crippen molar-refractivity contribution in [3.05, 3.63) is 60.4 Å². The number of aromatic nitrogens is 2. The lowest BCUT2D eigenvalue weighted by Gasteiger charge is -2.37. The van der Waals surface area contributed by atoms with Gasteiger partial charge in [0.2, 0.25) is 10.0 Å². The van der Waals surface area contributed by atoms with E-state index in [0.717, 1.165) is 5.56 Å². The van der Waals surface area contributed by atoms with Gasteiger partial charge in [-0.3, -0.25) is 9.78 Å². The van der Waals surface area contributed by atoms with E-state index in [-0.39, 0.29) is 29.8 Å². The maximum Gasteiger partial charge on any atom is 0.267 e. The van der Waals surface area contributed by atoms with Crippen molar-refractivity contribution in [2.75, 3.05) is 13.1 Å². The number of primary amides is 1. The fourth-order valence-corrected chi connectivity index (χ4v) is 4.43. The van der Waals surface area contributed by atoms with Crippen molar-refractivity contribution < 1.29 is 22.4 Å². The summed E-state index contributed by atoms with van der Waals surface area (Å²) >= 11 is 0. The average molecular weight is 414 g/mol. The van der Waals surface area contributed by atoms with Crippen molar-refractivity contribution in [3.63, 3.8) is 0 Å². The Hall–Kier alpha value is -3.24. The van der Waals surface area contributed by atoms with Crippen molar-refractivity contribution >= 4 is 15.9 Å². The van der Waals surface area contributed by atoms with Gasteiger partial charge in [0.05, 0.1) is 18.0 Å². The highest BCUT2D eigenvalue weighted by atomic mass is 32.2. The second-order valence-corrected chi connectivity index (χ2v) is 8.52. The first-order chi connectivity index (χ1) is 13.8. The smallest absolute Gasteiger partial charge is 0.267 e. The lowest BCUT2D eigenvalue weighted by molar-refractivity contribution is 0.0759. The minimum Gasteiger partial charge on any atom is -0.488 e. The molecule has 3 aromatic rings. The molecule has 29 heavy (non-hydrogen) atoms. The third kappa shape index (κ3) is 3.84.